The molecule has 1 amide bonds. The van der Waals surface area contributed by atoms with Crippen molar-refractivity contribution in [3.8, 4) is 0 Å². The van der Waals surface area contributed by atoms with E-state index in [9.17, 15) is 14.9 Å². The monoisotopic (exact) mass is 372 g/mol. The van der Waals surface area contributed by atoms with Crippen LogP contribution in [0.15, 0.2) is 31.0 Å². The Hall–Kier alpha value is -3.50. The quantitative estimate of drug-likeness (QED) is 0.473. The van der Waals surface area contributed by atoms with Gasteiger partial charge in [0.1, 0.15) is 12.4 Å². The molecule has 0 saturated carbocycles. The second-order valence-electron chi connectivity index (χ2n) is 6.01. The van der Waals surface area contributed by atoms with E-state index in [0.29, 0.717) is 12.2 Å². The number of nitro groups is 1. The minimum Gasteiger partial charge on any atom is -0.323 e. The Balaban J connectivity index is 1.52. The third-order valence-corrected chi connectivity index (χ3v) is 4.15. The van der Waals surface area contributed by atoms with Crippen LogP contribution >= 0.6 is 0 Å². The van der Waals surface area contributed by atoms with Crippen LogP contribution in [0.5, 0.6) is 0 Å². The van der Waals surface area contributed by atoms with Crippen molar-refractivity contribution in [3.05, 3.63) is 52.4 Å². The Morgan fingerprint density at radius 2 is 1.96 bits per heavy atom. The van der Waals surface area contributed by atoms with Crippen molar-refractivity contribution in [2.75, 3.05) is 5.32 Å². The maximum absolute atomic E-state index is 12.1. The van der Waals surface area contributed by atoms with Gasteiger partial charge in [-0.2, -0.15) is 15.3 Å². The number of nitrogens with one attached hydrogen (secondary N) is 1. The molecule has 3 aromatic heterocycles. The first-order chi connectivity index (χ1) is 13.0. The van der Waals surface area contributed by atoms with Gasteiger partial charge in [-0.05, 0) is 13.8 Å². The van der Waals surface area contributed by atoms with Gasteiger partial charge >= 0.3 is 5.69 Å². The zero-order valence-electron chi connectivity index (χ0n) is 15.1. The molecule has 0 aliphatic rings. The molecule has 0 aromatic carbocycles. The van der Waals surface area contributed by atoms with Crippen molar-refractivity contribution in [2.24, 2.45) is 0 Å². The molecule has 142 valence electrons. The van der Waals surface area contributed by atoms with Crippen molar-refractivity contribution in [1.29, 1.82) is 0 Å². The van der Waals surface area contributed by atoms with Gasteiger partial charge in [-0.15, -0.1) is 0 Å². The molecule has 1 N–H and O–H groups in total. The fraction of sp³-hybridized carbons (Fsp3) is 0.375. The first kappa shape index (κ1) is 18.3. The van der Waals surface area contributed by atoms with Crippen LogP contribution in [0, 0.1) is 17.0 Å². The average molecular weight is 372 g/mol. The minimum absolute atomic E-state index is 0.0987. The van der Waals surface area contributed by atoms with Crippen molar-refractivity contribution < 1.29 is 9.72 Å². The second-order valence-corrected chi connectivity index (χ2v) is 6.01. The molecule has 27 heavy (non-hydrogen) atoms. The maximum Gasteiger partial charge on any atom is 0.306 e. The summed E-state index contributed by atoms with van der Waals surface area (Å²) in [5, 5.41) is 25.8. The van der Waals surface area contributed by atoms with E-state index in [4.69, 9.17) is 0 Å². The molecule has 0 bridgehead atoms. The van der Waals surface area contributed by atoms with Gasteiger partial charge < -0.3 is 5.32 Å². The summed E-state index contributed by atoms with van der Waals surface area (Å²) in [6, 6.07) is 0. The molecule has 0 radical (unpaired) electrons. The number of aryl methyl sites for hydroxylation is 2. The Bertz CT molecular complexity index is 955. The van der Waals surface area contributed by atoms with Crippen LogP contribution in [0.4, 0.5) is 11.4 Å². The van der Waals surface area contributed by atoms with Crippen molar-refractivity contribution in [1.82, 2.24) is 29.3 Å². The van der Waals surface area contributed by atoms with Crippen molar-refractivity contribution >= 4 is 17.3 Å². The third-order valence-electron chi connectivity index (χ3n) is 4.15. The number of anilines is 1. The normalized spacial score (nSPS) is 10.9. The molecule has 0 saturated heterocycles. The van der Waals surface area contributed by atoms with Crippen LogP contribution in [0.1, 0.15) is 24.6 Å². The Labute approximate surface area is 154 Å². The lowest BCUT2D eigenvalue weighted by Gasteiger charge is -2.03. The molecule has 0 atom stereocenters. The number of aromatic nitrogens is 6. The molecule has 11 nitrogen and oxygen atoms in total. The highest BCUT2D eigenvalue weighted by Gasteiger charge is 2.11. The van der Waals surface area contributed by atoms with E-state index >= 15 is 0 Å². The van der Waals surface area contributed by atoms with Gasteiger partial charge in [0, 0.05) is 37.0 Å². The number of amides is 1. The Morgan fingerprint density at radius 3 is 2.63 bits per heavy atom. The van der Waals surface area contributed by atoms with Gasteiger partial charge in [-0.3, -0.25) is 29.0 Å². The van der Waals surface area contributed by atoms with Gasteiger partial charge in [0.25, 0.3) is 0 Å². The lowest BCUT2D eigenvalue weighted by atomic mass is 10.2. The largest absolute Gasteiger partial charge is 0.323 e. The standard InChI is InChI=1S/C16H20N8O3/c1-3-23-12(2)13(6-19-23)9-22-10-14(7-17-22)20-16(25)4-5-21-11-15(8-18-21)24(26)27/h6-8,10-11H,3-5,9H2,1-2H3,(H,20,25). The molecule has 0 aliphatic carbocycles. The van der Waals surface area contributed by atoms with Gasteiger partial charge in [0.15, 0.2) is 0 Å². The van der Waals surface area contributed by atoms with E-state index in [2.05, 4.69) is 20.6 Å². The summed E-state index contributed by atoms with van der Waals surface area (Å²) in [6.07, 6.45) is 7.75. The zero-order chi connectivity index (χ0) is 19.4. The molecule has 3 rings (SSSR count). The summed E-state index contributed by atoms with van der Waals surface area (Å²) in [5.74, 6) is -0.220. The van der Waals surface area contributed by atoms with Crippen LogP contribution in [-0.2, 0) is 24.4 Å². The summed E-state index contributed by atoms with van der Waals surface area (Å²) >= 11 is 0. The Morgan fingerprint density at radius 1 is 1.19 bits per heavy atom. The first-order valence-electron chi connectivity index (χ1n) is 8.46. The number of rotatable bonds is 8. The molecular weight excluding hydrogens is 352 g/mol. The van der Waals surface area contributed by atoms with Crippen LogP contribution < -0.4 is 5.32 Å². The van der Waals surface area contributed by atoms with E-state index in [0.717, 1.165) is 24.0 Å². The fourth-order valence-electron chi connectivity index (χ4n) is 2.66. The Kier molecular flexibility index (Phi) is 5.29. The maximum atomic E-state index is 12.1. The lowest BCUT2D eigenvalue weighted by molar-refractivity contribution is -0.385. The predicted molar refractivity (Wildman–Crippen MR) is 96.1 cm³/mol. The number of nitrogens with zero attached hydrogens (tertiary/aromatic N) is 7. The van der Waals surface area contributed by atoms with Crippen molar-refractivity contribution in [2.45, 2.75) is 39.9 Å². The zero-order valence-corrected chi connectivity index (χ0v) is 15.1. The smallest absolute Gasteiger partial charge is 0.306 e. The summed E-state index contributed by atoms with van der Waals surface area (Å²) in [4.78, 5) is 22.2. The first-order valence-corrected chi connectivity index (χ1v) is 8.46. The highest BCUT2D eigenvalue weighted by Crippen LogP contribution is 2.12. The molecule has 0 fully saturated rings. The molecule has 0 unspecified atom stereocenters. The van der Waals surface area contributed by atoms with Gasteiger partial charge in [-0.25, -0.2) is 0 Å². The SMILES string of the molecule is CCn1ncc(Cn2cc(NC(=O)CCn3cc([N+](=O)[O-])cn3)cn2)c1C. The second kappa shape index (κ2) is 7.81. The highest BCUT2D eigenvalue weighted by molar-refractivity contribution is 5.90. The summed E-state index contributed by atoms with van der Waals surface area (Å²) in [5.41, 5.74) is 2.65. The summed E-state index contributed by atoms with van der Waals surface area (Å²) in [7, 11) is 0. The number of carbonyl (C=O) groups is 1. The van der Waals surface area contributed by atoms with Gasteiger partial charge in [0.2, 0.25) is 5.91 Å². The van der Waals surface area contributed by atoms with Crippen molar-refractivity contribution in [3.63, 3.8) is 0 Å². The molecule has 11 heteroatoms. The predicted octanol–water partition coefficient (Wildman–Crippen LogP) is 1.59. The van der Waals surface area contributed by atoms with E-state index in [-0.39, 0.29) is 24.6 Å². The molecule has 0 aliphatic heterocycles. The van der Waals surface area contributed by atoms with Crippen LogP contribution in [0.25, 0.3) is 0 Å². The minimum atomic E-state index is -0.524. The lowest BCUT2D eigenvalue weighted by Crippen LogP contribution is -2.14. The van der Waals surface area contributed by atoms with E-state index in [1.54, 1.807) is 17.1 Å². The fourth-order valence-corrected chi connectivity index (χ4v) is 2.66. The molecular formula is C16H20N8O3. The number of hydrogen-bond acceptors (Lipinski definition) is 6. The third kappa shape index (κ3) is 4.37. The van der Waals surface area contributed by atoms with Crippen LogP contribution in [0.2, 0.25) is 0 Å². The van der Waals surface area contributed by atoms with Crippen LogP contribution in [-0.4, -0.2) is 40.2 Å². The molecule has 3 heterocycles. The summed E-state index contributed by atoms with van der Waals surface area (Å²) in [6.45, 7) is 5.68. The van der Waals surface area contributed by atoms with E-state index in [1.807, 2.05) is 24.7 Å². The number of carbonyl (C=O) groups excluding carboxylic acids is 1. The molecule has 0 spiro atoms. The summed E-state index contributed by atoms with van der Waals surface area (Å²) < 4.78 is 5.02. The highest BCUT2D eigenvalue weighted by atomic mass is 16.6. The average Bonchev–Trinajstić information content (AvgIpc) is 3.35. The van der Waals surface area contributed by atoms with Gasteiger partial charge in [-0.1, -0.05) is 0 Å². The van der Waals surface area contributed by atoms with Gasteiger partial charge in [0.05, 0.1) is 29.5 Å². The number of hydrogen-bond donors (Lipinski definition) is 1. The van der Waals surface area contributed by atoms with Crippen LogP contribution in [0.3, 0.4) is 0 Å². The molecule has 3 aromatic rings. The van der Waals surface area contributed by atoms with E-state index < -0.39 is 4.92 Å². The topological polar surface area (TPSA) is 126 Å². The van der Waals surface area contributed by atoms with E-state index in [1.165, 1.54) is 10.9 Å².